The quantitative estimate of drug-likeness (QED) is 0.879. The van der Waals surface area contributed by atoms with Gasteiger partial charge in [0.25, 0.3) is 0 Å². The first-order chi connectivity index (χ1) is 9.15. The van der Waals surface area contributed by atoms with Crippen LogP contribution >= 0.6 is 23.4 Å². The Labute approximate surface area is 121 Å². The van der Waals surface area contributed by atoms with Crippen LogP contribution in [0.3, 0.4) is 0 Å². The molecule has 1 heterocycles. The van der Waals surface area contributed by atoms with Crippen molar-refractivity contribution in [2.45, 2.75) is 12.5 Å². The Hall–Kier alpha value is -1.20. The predicted molar refractivity (Wildman–Crippen MR) is 77.4 cm³/mol. The van der Waals surface area contributed by atoms with Crippen molar-refractivity contribution in [3.63, 3.8) is 0 Å². The molecule has 1 aromatic rings. The first-order valence-electron chi connectivity index (χ1n) is 6.04. The summed E-state index contributed by atoms with van der Waals surface area (Å²) in [5, 5.41) is 6.21. The third kappa shape index (κ3) is 4.44. The van der Waals surface area contributed by atoms with Crippen molar-refractivity contribution in [1.82, 2.24) is 10.6 Å². The molecule has 6 heteroatoms. The first kappa shape index (κ1) is 14.2. The molecule has 2 rings (SSSR count). The molecular formula is C13H15ClN2O2S. The van der Waals surface area contributed by atoms with E-state index in [0.29, 0.717) is 23.1 Å². The topological polar surface area (TPSA) is 58.2 Å². The van der Waals surface area contributed by atoms with Crippen LogP contribution in [0.15, 0.2) is 24.3 Å². The van der Waals surface area contributed by atoms with E-state index in [1.54, 1.807) is 0 Å². The molecule has 0 aliphatic carbocycles. The fourth-order valence-corrected chi connectivity index (χ4v) is 2.90. The molecule has 1 saturated heterocycles. The highest BCUT2D eigenvalue weighted by atomic mass is 35.5. The average molecular weight is 299 g/mol. The van der Waals surface area contributed by atoms with Crippen LogP contribution in [0.2, 0.25) is 5.02 Å². The van der Waals surface area contributed by atoms with Gasteiger partial charge in [0, 0.05) is 17.3 Å². The third-order valence-electron chi connectivity index (χ3n) is 2.77. The molecule has 1 fully saturated rings. The minimum absolute atomic E-state index is 0.0776. The van der Waals surface area contributed by atoms with Crippen molar-refractivity contribution in [2.24, 2.45) is 0 Å². The second-order valence-corrected chi connectivity index (χ2v) is 5.77. The van der Waals surface area contributed by atoms with E-state index in [9.17, 15) is 9.59 Å². The number of rotatable bonds is 4. The number of nitrogens with one attached hydrogen (secondary N) is 2. The molecule has 2 amide bonds. The summed E-state index contributed by atoms with van der Waals surface area (Å²) in [7, 11) is 0. The molecule has 19 heavy (non-hydrogen) atoms. The highest BCUT2D eigenvalue weighted by molar-refractivity contribution is 8.00. The van der Waals surface area contributed by atoms with Crippen molar-refractivity contribution in [1.29, 1.82) is 0 Å². The molecule has 1 atom stereocenters. The van der Waals surface area contributed by atoms with Crippen molar-refractivity contribution in [3.8, 4) is 0 Å². The summed E-state index contributed by atoms with van der Waals surface area (Å²) in [5.41, 5.74) is 1.08. The molecule has 4 nitrogen and oxygen atoms in total. The van der Waals surface area contributed by atoms with Gasteiger partial charge >= 0.3 is 0 Å². The molecule has 102 valence electrons. The van der Waals surface area contributed by atoms with Gasteiger partial charge in [-0.15, -0.1) is 11.8 Å². The Kier molecular flexibility index (Phi) is 5.10. The summed E-state index contributed by atoms with van der Waals surface area (Å²) in [6, 6.07) is 7.14. The Bertz CT molecular complexity index is 481. The van der Waals surface area contributed by atoms with Crippen LogP contribution in [0.1, 0.15) is 5.56 Å². The van der Waals surface area contributed by atoms with Crippen LogP contribution < -0.4 is 10.6 Å². The SMILES string of the molecule is O=C1CSCC(C(=O)NCCc2cccc(Cl)c2)N1. The van der Waals surface area contributed by atoms with Crippen molar-refractivity contribution in [3.05, 3.63) is 34.9 Å². The van der Waals surface area contributed by atoms with E-state index in [4.69, 9.17) is 11.6 Å². The summed E-state index contributed by atoms with van der Waals surface area (Å²) < 4.78 is 0. The number of carbonyl (C=O) groups excluding carboxylic acids is 2. The van der Waals surface area contributed by atoms with E-state index in [1.807, 2.05) is 24.3 Å². The summed E-state index contributed by atoms with van der Waals surface area (Å²) in [5.74, 6) is 0.870. The number of amides is 2. The zero-order valence-corrected chi connectivity index (χ0v) is 11.9. The Morgan fingerprint density at radius 3 is 3.11 bits per heavy atom. The number of hydrogen-bond acceptors (Lipinski definition) is 3. The van der Waals surface area contributed by atoms with Gasteiger partial charge in [0.1, 0.15) is 6.04 Å². The average Bonchev–Trinajstić information content (AvgIpc) is 2.38. The van der Waals surface area contributed by atoms with Gasteiger partial charge in [-0.2, -0.15) is 0 Å². The van der Waals surface area contributed by atoms with E-state index < -0.39 is 6.04 Å². The normalized spacial score (nSPS) is 18.8. The summed E-state index contributed by atoms with van der Waals surface area (Å²) >= 11 is 7.37. The number of halogens is 1. The molecular weight excluding hydrogens is 284 g/mol. The van der Waals surface area contributed by atoms with Crippen LogP contribution in [-0.2, 0) is 16.0 Å². The molecule has 1 aliphatic heterocycles. The van der Waals surface area contributed by atoms with E-state index in [1.165, 1.54) is 11.8 Å². The molecule has 1 aliphatic rings. The van der Waals surface area contributed by atoms with Gasteiger partial charge in [-0.05, 0) is 24.1 Å². The molecule has 0 aromatic heterocycles. The smallest absolute Gasteiger partial charge is 0.243 e. The zero-order chi connectivity index (χ0) is 13.7. The zero-order valence-electron chi connectivity index (χ0n) is 10.3. The molecule has 0 radical (unpaired) electrons. The Balaban J connectivity index is 1.76. The molecule has 2 N–H and O–H groups in total. The highest BCUT2D eigenvalue weighted by Gasteiger charge is 2.24. The van der Waals surface area contributed by atoms with Crippen LogP contribution in [-0.4, -0.2) is 35.9 Å². The number of carbonyl (C=O) groups is 2. The fourth-order valence-electron chi connectivity index (χ4n) is 1.83. The van der Waals surface area contributed by atoms with Crippen LogP contribution in [0, 0.1) is 0 Å². The van der Waals surface area contributed by atoms with Crippen molar-refractivity contribution in [2.75, 3.05) is 18.1 Å². The summed E-state index contributed by atoms with van der Waals surface area (Å²) in [6.07, 6.45) is 0.722. The lowest BCUT2D eigenvalue weighted by Crippen LogP contribution is -2.51. The first-order valence-corrected chi connectivity index (χ1v) is 7.57. The molecule has 0 spiro atoms. The lowest BCUT2D eigenvalue weighted by Gasteiger charge is -2.22. The van der Waals surface area contributed by atoms with Crippen molar-refractivity contribution < 1.29 is 9.59 Å². The van der Waals surface area contributed by atoms with Gasteiger partial charge in [0.2, 0.25) is 11.8 Å². The molecule has 0 bridgehead atoms. The summed E-state index contributed by atoms with van der Waals surface area (Å²) in [4.78, 5) is 23.0. The predicted octanol–water partition coefficient (Wildman–Crippen LogP) is 1.23. The number of thioether (sulfide) groups is 1. The Morgan fingerprint density at radius 2 is 2.37 bits per heavy atom. The molecule has 1 aromatic carbocycles. The second kappa shape index (κ2) is 6.82. The highest BCUT2D eigenvalue weighted by Crippen LogP contribution is 2.11. The summed E-state index contributed by atoms with van der Waals surface area (Å²) in [6.45, 7) is 0.538. The van der Waals surface area contributed by atoms with Gasteiger partial charge < -0.3 is 10.6 Å². The second-order valence-electron chi connectivity index (χ2n) is 4.31. The number of hydrogen-bond donors (Lipinski definition) is 2. The minimum atomic E-state index is -0.411. The number of benzene rings is 1. The largest absolute Gasteiger partial charge is 0.354 e. The molecule has 1 unspecified atom stereocenters. The van der Waals surface area contributed by atoms with Crippen molar-refractivity contribution >= 4 is 35.2 Å². The van der Waals surface area contributed by atoms with E-state index >= 15 is 0 Å². The monoisotopic (exact) mass is 298 g/mol. The molecule has 0 saturated carbocycles. The van der Waals surface area contributed by atoms with Gasteiger partial charge in [-0.3, -0.25) is 9.59 Å². The van der Waals surface area contributed by atoms with Gasteiger partial charge in [-0.25, -0.2) is 0 Å². The lowest BCUT2D eigenvalue weighted by molar-refractivity contribution is -0.127. The maximum atomic E-state index is 11.8. The van der Waals surface area contributed by atoms with Gasteiger partial charge in [0.15, 0.2) is 0 Å². The Morgan fingerprint density at radius 1 is 1.53 bits per heavy atom. The van der Waals surface area contributed by atoms with Crippen LogP contribution in [0.5, 0.6) is 0 Å². The maximum Gasteiger partial charge on any atom is 0.243 e. The van der Waals surface area contributed by atoms with Gasteiger partial charge in [0.05, 0.1) is 5.75 Å². The van der Waals surface area contributed by atoms with Gasteiger partial charge in [-0.1, -0.05) is 23.7 Å². The fraction of sp³-hybridized carbons (Fsp3) is 0.385. The standard InChI is InChI=1S/C13H15ClN2O2S/c14-10-3-1-2-9(6-10)4-5-15-13(18)11-7-19-8-12(17)16-11/h1-3,6,11H,4-5,7-8H2,(H,15,18)(H,16,17). The third-order valence-corrected chi connectivity index (χ3v) is 4.04. The van der Waals surface area contributed by atoms with Crippen LogP contribution in [0.4, 0.5) is 0 Å². The maximum absolute atomic E-state index is 11.8. The van der Waals surface area contributed by atoms with E-state index in [2.05, 4.69) is 10.6 Å². The minimum Gasteiger partial charge on any atom is -0.354 e. The van der Waals surface area contributed by atoms with E-state index in [0.717, 1.165) is 12.0 Å². The van der Waals surface area contributed by atoms with E-state index in [-0.39, 0.29) is 11.8 Å². The van der Waals surface area contributed by atoms with Crippen LogP contribution in [0.25, 0.3) is 0 Å². The lowest BCUT2D eigenvalue weighted by atomic mass is 10.1.